The van der Waals surface area contributed by atoms with Crippen LogP contribution in [-0.4, -0.2) is 16.8 Å². The third-order valence-corrected chi connectivity index (χ3v) is 4.49. The van der Waals surface area contributed by atoms with Gasteiger partial charge >= 0.3 is 0 Å². The highest BCUT2D eigenvalue weighted by molar-refractivity contribution is 9.10. The Balaban J connectivity index is 2.19. The van der Waals surface area contributed by atoms with Crippen LogP contribution in [0.1, 0.15) is 11.1 Å². The summed E-state index contributed by atoms with van der Waals surface area (Å²) in [5, 5.41) is 3.50. The lowest BCUT2D eigenvalue weighted by molar-refractivity contribution is -0.586. The van der Waals surface area contributed by atoms with Crippen LogP contribution in [0.3, 0.4) is 0 Å². The van der Waals surface area contributed by atoms with Crippen molar-refractivity contribution < 1.29 is 9.25 Å². The average molecular weight is 346 g/mol. The predicted molar refractivity (Wildman–Crippen MR) is 83.7 cm³/mol. The molecule has 6 heteroatoms. The molecule has 21 heavy (non-hydrogen) atoms. The van der Waals surface area contributed by atoms with Crippen LogP contribution in [0.4, 0.5) is 11.5 Å². The molecule has 5 nitrogen and oxygen atoms in total. The second kappa shape index (κ2) is 4.21. The van der Waals surface area contributed by atoms with Gasteiger partial charge in [0.25, 0.3) is 11.5 Å². The minimum absolute atomic E-state index is 0.818. The molecule has 3 heterocycles. The Bertz CT molecular complexity index is 901. The average Bonchev–Trinajstić information content (AvgIpc) is 2.91. The minimum Gasteiger partial charge on any atom is -0.494 e. The lowest BCUT2D eigenvalue weighted by Crippen LogP contribution is -2.39. The zero-order chi connectivity index (χ0) is 14.7. The van der Waals surface area contributed by atoms with Crippen LogP contribution in [0.25, 0.3) is 11.3 Å². The number of nitrogens with one attached hydrogen (secondary N) is 1. The first kappa shape index (κ1) is 12.6. The van der Waals surface area contributed by atoms with Gasteiger partial charge in [-0.15, -0.1) is 4.52 Å². The van der Waals surface area contributed by atoms with Crippen molar-refractivity contribution in [2.45, 2.75) is 13.8 Å². The monoisotopic (exact) mass is 345 g/mol. The molecule has 0 aliphatic carbocycles. The molecular formula is C15H14BrN4O+. The molecule has 0 spiro atoms. The normalized spacial score (nSPS) is 12.2. The summed E-state index contributed by atoms with van der Waals surface area (Å²) in [6, 6.07) is 6.12. The standard InChI is InChI=1S/C15H13BrN4O/c1-8-4-5-11(21-3)13-12(8)18-15-10(16)6-9(2)14-17-7-19(13)20(14)15/h4-7H,1-3H3/p+1. The molecule has 1 aliphatic heterocycles. The van der Waals surface area contributed by atoms with E-state index in [0.717, 1.165) is 44.2 Å². The quantitative estimate of drug-likeness (QED) is 0.539. The molecule has 0 fully saturated rings. The predicted octanol–water partition coefficient (Wildman–Crippen LogP) is 3.06. The van der Waals surface area contributed by atoms with Crippen molar-refractivity contribution in [2.75, 3.05) is 12.4 Å². The molecule has 106 valence electrons. The fourth-order valence-electron chi connectivity index (χ4n) is 2.84. The second-order valence-corrected chi connectivity index (χ2v) is 6.04. The molecular weight excluding hydrogens is 332 g/mol. The maximum absolute atomic E-state index is 5.53. The Morgan fingerprint density at radius 2 is 2.10 bits per heavy atom. The molecule has 0 saturated carbocycles. The SMILES string of the molecule is COc1ccc(C)c2c1-n1cnc3c(C)cc(Br)c([n+]31)N2. The van der Waals surface area contributed by atoms with E-state index in [1.807, 2.05) is 17.1 Å². The Morgan fingerprint density at radius 3 is 2.86 bits per heavy atom. The molecule has 0 atom stereocenters. The van der Waals surface area contributed by atoms with E-state index in [0.29, 0.717) is 0 Å². The number of nitrogens with zero attached hydrogens (tertiary/aromatic N) is 3. The Morgan fingerprint density at radius 1 is 1.29 bits per heavy atom. The van der Waals surface area contributed by atoms with Gasteiger partial charge in [-0.25, -0.2) is 0 Å². The number of hydrogen-bond acceptors (Lipinski definition) is 3. The molecule has 0 radical (unpaired) electrons. The number of rotatable bonds is 1. The van der Waals surface area contributed by atoms with Crippen LogP contribution < -0.4 is 14.6 Å². The van der Waals surface area contributed by atoms with Crippen molar-refractivity contribution in [2.24, 2.45) is 0 Å². The van der Waals surface area contributed by atoms with Gasteiger partial charge in [0.1, 0.15) is 11.4 Å². The van der Waals surface area contributed by atoms with E-state index in [1.54, 1.807) is 7.11 Å². The third-order valence-electron chi connectivity index (χ3n) is 3.88. The molecule has 0 bridgehead atoms. The van der Waals surface area contributed by atoms with Crippen molar-refractivity contribution in [3.8, 4) is 11.4 Å². The summed E-state index contributed by atoms with van der Waals surface area (Å²) in [5.74, 6) is 1.79. The van der Waals surface area contributed by atoms with Crippen LogP contribution in [0.15, 0.2) is 29.0 Å². The highest BCUT2D eigenvalue weighted by Crippen LogP contribution is 2.38. The molecule has 1 aliphatic rings. The number of benzene rings is 1. The van der Waals surface area contributed by atoms with E-state index < -0.39 is 0 Å². The number of pyridine rings is 1. The van der Waals surface area contributed by atoms with Crippen LogP contribution in [0.5, 0.6) is 5.75 Å². The third kappa shape index (κ3) is 1.56. The number of anilines is 2. The summed E-state index contributed by atoms with van der Waals surface area (Å²) in [6.07, 6.45) is 1.83. The molecule has 3 aromatic rings. The summed E-state index contributed by atoms with van der Waals surface area (Å²) >= 11 is 3.64. The first-order valence-corrected chi connectivity index (χ1v) is 7.44. The molecule has 0 amide bonds. The Labute approximate surface area is 130 Å². The lowest BCUT2D eigenvalue weighted by Gasteiger charge is -2.20. The number of methoxy groups -OCH3 is 1. The van der Waals surface area contributed by atoms with Crippen molar-refractivity contribution >= 4 is 33.1 Å². The lowest BCUT2D eigenvalue weighted by atomic mass is 10.1. The summed E-state index contributed by atoms with van der Waals surface area (Å²) in [4.78, 5) is 4.54. The number of halogens is 1. The van der Waals surface area contributed by atoms with Gasteiger partial charge < -0.3 is 4.74 Å². The van der Waals surface area contributed by atoms with Crippen LogP contribution in [0.2, 0.25) is 0 Å². The van der Waals surface area contributed by atoms with Gasteiger partial charge in [-0.2, -0.15) is 4.68 Å². The first-order valence-electron chi connectivity index (χ1n) is 6.65. The van der Waals surface area contributed by atoms with Crippen molar-refractivity contribution in [3.05, 3.63) is 40.1 Å². The van der Waals surface area contributed by atoms with E-state index in [-0.39, 0.29) is 0 Å². The first-order chi connectivity index (χ1) is 10.1. The summed E-state index contributed by atoms with van der Waals surface area (Å²) in [6.45, 7) is 4.13. The van der Waals surface area contributed by atoms with E-state index in [4.69, 9.17) is 4.74 Å². The Kier molecular flexibility index (Phi) is 2.53. The van der Waals surface area contributed by atoms with Gasteiger partial charge in [0, 0.05) is 5.56 Å². The maximum atomic E-state index is 5.53. The molecule has 0 saturated heterocycles. The van der Waals surface area contributed by atoms with Crippen LogP contribution in [0, 0.1) is 13.8 Å². The van der Waals surface area contributed by atoms with E-state index in [2.05, 4.69) is 56.7 Å². The minimum atomic E-state index is 0.818. The topological polar surface area (TPSA) is 43.2 Å². The molecule has 1 N–H and O–H groups in total. The van der Waals surface area contributed by atoms with Gasteiger partial charge in [0.2, 0.25) is 6.33 Å². The zero-order valence-electron chi connectivity index (χ0n) is 11.9. The molecule has 1 aromatic carbocycles. The fraction of sp³-hybridized carbons (Fsp3) is 0.200. The van der Waals surface area contributed by atoms with E-state index >= 15 is 0 Å². The van der Waals surface area contributed by atoms with Gasteiger partial charge in [0.15, 0.2) is 5.69 Å². The highest BCUT2D eigenvalue weighted by Gasteiger charge is 2.31. The van der Waals surface area contributed by atoms with Gasteiger partial charge in [-0.05, 0) is 47.5 Å². The number of aryl methyl sites for hydroxylation is 2. The maximum Gasteiger partial charge on any atom is 0.290 e. The van der Waals surface area contributed by atoms with Crippen LogP contribution in [-0.2, 0) is 0 Å². The number of hydrogen-bond donors (Lipinski definition) is 1. The second-order valence-electron chi connectivity index (χ2n) is 5.18. The number of fused-ring (bicyclic) bond motifs is 2. The molecule has 0 unspecified atom stereocenters. The van der Waals surface area contributed by atoms with Crippen molar-refractivity contribution in [1.29, 1.82) is 0 Å². The highest BCUT2D eigenvalue weighted by atomic mass is 79.9. The van der Waals surface area contributed by atoms with Gasteiger partial charge in [-0.1, -0.05) is 11.1 Å². The van der Waals surface area contributed by atoms with Gasteiger partial charge in [0.05, 0.1) is 11.6 Å². The smallest absolute Gasteiger partial charge is 0.290 e. The number of ether oxygens (including phenoxy) is 1. The largest absolute Gasteiger partial charge is 0.494 e. The van der Waals surface area contributed by atoms with E-state index in [9.17, 15) is 0 Å². The fourth-order valence-corrected chi connectivity index (χ4v) is 3.45. The van der Waals surface area contributed by atoms with E-state index in [1.165, 1.54) is 0 Å². The summed E-state index contributed by atoms with van der Waals surface area (Å²) in [7, 11) is 1.69. The van der Waals surface area contributed by atoms with Gasteiger partial charge in [-0.3, -0.25) is 5.32 Å². The zero-order valence-corrected chi connectivity index (χ0v) is 13.5. The number of aromatic nitrogens is 3. The van der Waals surface area contributed by atoms with Crippen molar-refractivity contribution in [3.63, 3.8) is 0 Å². The van der Waals surface area contributed by atoms with Crippen molar-refractivity contribution in [1.82, 2.24) is 9.67 Å². The molecule has 4 rings (SSSR count). The summed E-state index contributed by atoms with van der Waals surface area (Å²) in [5.41, 5.74) is 5.22. The Hall–Kier alpha value is -2.08. The summed E-state index contributed by atoms with van der Waals surface area (Å²) < 4.78 is 10.6. The van der Waals surface area contributed by atoms with Crippen LogP contribution >= 0.6 is 15.9 Å². The molecule has 2 aromatic heterocycles.